The highest BCUT2D eigenvalue weighted by molar-refractivity contribution is 5.51. The van der Waals surface area contributed by atoms with Crippen LogP contribution >= 0.6 is 0 Å². The molecule has 1 aromatic rings. The fourth-order valence-corrected chi connectivity index (χ4v) is 2.02. The van der Waals surface area contributed by atoms with Crippen molar-refractivity contribution < 1.29 is 4.92 Å². The minimum Gasteiger partial charge on any atom is -0.363 e. The zero-order chi connectivity index (χ0) is 13.0. The first kappa shape index (κ1) is 12.8. The summed E-state index contributed by atoms with van der Waals surface area (Å²) in [6.45, 7) is 5.62. The van der Waals surface area contributed by atoms with Crippen molar-refractivity contribution in [1.82, 2.24) is 19.8 Å². The molecule has 0 saturated carbocycles. The molecule has 8 nitrogen and oxygen atoms in total. The van der Waals surface area contributed by atoms with Crippen molar-refractivity contribution in [2.45, 2.75) is 0 Å². The number of aromatic nitrogens is 2. The summed E-state index contributed by atoms with van der Waals surface area (Å²) in [4.78, 5) is 16.4. The van der Waals surface area contributed by atoms with Crippen LogP contribution in [0.1, 0.15) is 0 Å². The SMILES string of the molecule is Cn1cnc([N+](=O)[O-])c1NCCN1CCNCC1. The van der Waals surface area contributed by atoms with Gasteiger partial charge < -0.3 is 20.7 Å². The van der Waals surface area contributed by atoms with Crippen LogP contribution in [0.2, 0.25) is 0 Å². The molecule has 1 saturated heterocycles. The standard InChI is InChI=1S/C10H18N6O2/c1-14-8-13-10(16(17)18)9(14)12-4-7-15-5-2-11-3-6-15/h8,11-12H,2-7H2,1H3. The van der Waals surface area contributed by atoms with Crippen LogP contribution in [0.5, 0.6) is 0 Å². The van der Waals surface area contributed by atoms with E-state index in [1.54, 1.807) is 11.6 Å². The lowest BCUT2D eigenvalue weighted by molar-refractivity contribution is -0.388. The highest BCUT2D eigenvalue weighted by atomic mass is 16.6. The van der Waals surface area contributed by atoms with Gasteiger partial charge in [0, 0.05) is 46.3 Å². The fraction of sp³-hybridized carbons (Fsp3) is 0.700. The Labute approximate surface area is 105 Å². The number of hydrogen-bond acceptors (Lipinski definition) is 6. The van der Waals surface area contributed by atoms with Gasteiger partial charge in [0.2, 0.25) is 12.1 Å². The second kappa shape index (κ2) is 5.78. The Morgan fingerprint density at radius 2 is 2.28 bits per heavy atom. The van der Waals surface area contributed by atoms with Crippen molar-refractivity contribution >= 4 is 11.6 Å². The number of nitrogens with one attached hydrogen (secondary N) is 2. The molecular weight excluding hydrogens is 236 g/mol. The molecule has 2 N–H and O–H groups in total. The Balaban J connectivity index is 1.85. The zero-order valence-corrected chi connectivity index (χ0v) is 10.4. The summed E-state index contributed by atoms with van der Waals surface area (Å²) >= 11 is 0. The van der Waals surface area contributed by atoms with Crippen LogP contribution in [-0.4, -0.2) is 58.6 Å². The van der Waals surface area contributed by atoms with E-state index in [0.717, 1.165) is 32.7 Å². The maximum absolute atomic E-state index is 10.8. The molecule has 2 rings (SSSR count). The first-order chi connectivity index (χ1) is 8.68. The molecule has 18 heavy (non-hydrogen) atoms. The molecule has 1 aliphatic heterocycles. The number of aryl methyl sites for hydroxylation is 1. The Morgan fingerprint density at radius 3 is 2.94 bits per heavy atom. The van der Waals surface area contributed by atoms with E-state index in [2.05, 4.69) is 20.5 Å². The van der Waals surface area contributed by atoms with E-state index in [0.29, 0.717) is 12.4 Å². The fourth-order valence-electron chi connectivity index (χ4n) is 2.02. The number of nitrogens with zero attached hydrogens (tertiary/aromatic N) is 4. The molecule has 0 atom stereocenters. The lowest BCUT2D eigenvalue weighted by atomic mass is 10.3. The number of rotatable bonds is 5. The average Bonchev–Trinajstić information content (AvgIpc) is 2.73. The van der Waals surface area contributed by atoms with Gasteiger partial charge in [0.15, 0.2) is 0 Å². The van der Waals surface area contributed by atoms with Crippen LogP contribution in [-0.2, 0) is 7.05 Å². The highest BCUT2D eigenvalue weighted by Crippen LogP contribution is 2.20. The molecule has 8 heteroatoms. The largest absolute Gasteiger partial charge is 0.406 e. The van der Waals surface area contributed by atoms with E-state index in [1.807, 2.05) is 0 Å². The molecule has 1 aromatic heterocycles. The van der Waals surface area contributed by atoms with E-state index in [-0.39, 0.29) is 5.82 Å². The second-order valence-corrected chi connectivity index (χ2v) is 4.30. The van der Waals surface area contributed by atoms with Gasteiger partial charge in [-0.3, -0.25) is 9.47 Å². The summed E-state index contributed by atoms with van der Waals surface area (Å²) in [6, 6.07) is 0. The monoisotopic (exact) mass is 254 g/mol. The summed E-state index contributed by atoms with van der Waals surface area (Å²) in [5.41, 5.74) is 0. The van der Waals surface area contributed by atoms with Gasteiger partial charge in [0.1, 0.15) is 0 Å². The van der Waals surface area contributed by atoms with Crippen molar-refractivity contribution in [2.75, 3.05) is 44.6 Å². The minimum absolute atomic E-state index is 0.113. The molecule has 0 bridgehead atoms. The van der Waals surface area contributed by atoms with Crippen LogP contribution in [0, 0.1) is 10.1 Å². The third kappa shape index (κ3) is 2.96. The van der Waals surface area contributed by atoms with E-state index in [1.165, 1.54) is 6.33 Å². The van der Waals surface area contributed by atoms with Gasteiger partial charge in [-0.25, -0.2) is 0 Å². The Hall–Kier alpha value is -1.67. The molecule has 0 amide bonds. The summed E-state index contributed by atoms with van der Waals surface area (Å²) < 4.78 is 1.63. The maximum Gasteiger partial charge on any atom is 0.406 e. The van der Waals surface area contributed by atoms with E-state index >= 15 is 0 Å². The van der Waals surface area contributed by atoms with Crippen molar-refractivity contribution in [3.63, 3.8) is 0 Å². The smallest absolute Gasteiger partial charge is 0.363 e. The van der Waals surface area contributed by atoms with Crippen molar-refractivity contribution in [3.05, 3.63) is 16.4 Å². The topological polar surface area (TPSA) is 88.3 Å². The molecule has 0 aromatic carbocycles. The molecule has 100 valence electrons. The van der Waals surface area contributed by atoms with Crippen LogP contribution < -0.4 is 10.6 Å². The van der Waals surface area contributed by atoms with Gasteiger partial charge in [0.25, 0.3) is 0 Å². The predicted molar refractivity (Wildman–Crippen MR) is 67.7 cm³/mol. The highest BCUT2D eigenvalue weighted by Gasteiger charge is 2.19. The Morgan fingerprint density at radius 1 is 1.56 bits per heavy atom. The van der Waals surface area contributed by atoms with E-state index in [9.17, 15) is 10.1 Å². The summed E-state index contributed by atoms with van der Waals surface area (Å²) in [5.74, 6) is 0.355. The molecule has 0 spiro atoms. The van der Waals surface area contributed by atoms with Gasteiger partial charge >= 0.3 is 5.82 Å². The molecule has 1 aliphatic rings. The van der Waals surface area contributed by atoms with Crippen LogP contribution in [0.15, 0.2) is 6.33 Å². The number of hydrogen-bond donors (Lipinski definition) is 2. The van der Waals surface area contributed by atoms with Gasteiger partial charge in [0.05, 0.1) is 0 Å². The van der Waals surface area contributed by atoms with Gasteiger partial charge in [-0.05, 0) is 9.91 Å². The van der Waals surface area contributed by atoms with Gasteiger partial charge in [-0.2, -0.15) is 0 Å². The normalized spacial score (nSPS) is 16.7. The molecular formula is C10H18N6O2. The third-order valence-electron chi connectivity index (χ3n) is 3.02. The summed E-state index contributed by atoms with van der Waals surface area (Å²) in [6.07, 6.45) is 1.45. The first-order valence-electron chi connectivity index (χ1n) is 6.01. The summed E-state index contributed by atoms with van der Waals surface area (Å²) in [7, 11) is 1.74. The zero-order valence-electron chi connectivity index (χ0n) is 10.4. The quantitative estimate of drug-likeness (QED) is 0.551. The minimum atomic E-state index is -0.465. The van der Waals surface area contributed by atoms with Crippen LogP contribution in [0.3, 0.4) is 0 Å². The number of piperazine rings is 1. The molecule has 0 aliphatic carbocycles. The maximum atomic E-state index is 10.8. The van der Waals surface area contributed by atoms with Gasteiger partial charge in [-0.1, -0.05) is 0 Å². The van der Waals surface area contributed by atoms with Crippen LogP contribution in [0.4, 0.5) is 11.6 Å². The molecule has 2 heterocycles. The predicted octanol–water partition coefficient (Wildman–Crippen LogP) is -0.355. The second-order valence-electron chi connectivity index (χ2n) is 4.30. The lowest BCUT2D eigenvalue weighted by Crippen LogP contribution is -2.45. The first-order valence-corrected chi connectivity index (χ1v) is 6.01. The Kier molecular flexibility index (Phi) is 4.11. The van der Waals surface area contributed by atoms with Crippen molar-refractivity contribution in [3.8, 4) is 0 Å². The number of anilines is 1. The molecule has 1 fully saturated rings. The lowest BCUT2D eigenvalue weighted by Gasteiger charge is -2.27. The van der Waals surface area contributed by atoms with E-state index in [4.69, 9.17) is 0 Å². The van der Waals surface area contributed by atoms with Crippen molar-refractivity contribution in [2.24, 2.45) is 7.05 Å². The average molecular weight is 254 g/mol. The number of nitro groups is 1. The molecule has 0 unspecified atom stereocenters. The third-order valence-corrected chi connectivity index (χ3v) is 3.02. The van der Waals surface area contributed by atoms with Crippen molar-refractivity contribution in [1.29, 1.82) is 0 Å². The van der Waals surface area contributed by atoms with E-state index < -0.39 is 4.92 Å². The summed E-state index contributed by atoms with van der Waals surface area (Å²) in [5, 5.41) is 17.1. The van der Waals surface area contributed by atoms with Gasteiger partial charge in [-0.15, -0.1) is 0 Å². The molecule has 0 radical (unpaired) electrons. The Bertz CT molecular complexity index is 413. The van der Waals surface area contributed by atoms with Crippen LogP contribution in [0.25, 0.3) is 0 Å². The number of imidazole rings is 1.